The second-order valence-corrected chi connectivity index (χ2v) is 6.54. The van der Waals surface area contributed by atoms with Gasteiger partial charge >= 0.3 is 0 Å². The lowest BCUT2D eigenvalue weighted by atomic mass is 10.2. The van der Waals surface area contributed by atoms with Crippen molar-refractivity contribution in [3.8, 4) is 17.2 Å². The van der Waals surface area contributed by atoms with Gasteiger partial charge in [-0.1, -0.05) is 30.0 Å². The van der Waals surface area contributed by atoms with Crippen molar-refractivity contribution >= 4 is 23.4 Å². The topological polar surface area (TPSA) is 91.2 Å². The first-order chi connectivity index (χ1) is 13.1. The van der Waals surface area contributed by atoms with Crippen molar-refractivity contribution < 1.29 is 14.3 Å². The summed E-state index contributed by atoms with van der Waals surface area (Å²) in [6.45, 7) is 1.94. The van der Waals surface area contributed by atoms with Crippen molar-refractivity contribution in [2.75, 3.05) is 25.3 Å². The van der Waals surface area contributed by atoms with Crippen LogP contribution in [0.1, 0.15) is 5.56 Å². The van der Waals surface area contributed by atoms with E-state index in [1.54, 1.807) is 32.4 Å². The van der Waals surface area contributed by atoms with E-state index < -0.39 is 0 Å². The third kappa shape index (κ3) is 4.56. The molecule has 0 spiro atoms. The van der Waals surface area contributed by atoms with E-state index in [-0.39, 0.29) is 11.7 Å². The van der Waals surface area contributed by atoms with Gasteiger partial charge < -0.3 is 14.8 Å². The summed E-state index contributed by atoms with van der Waals surface area (Å²) in [4.78, 5) is 12.3. The third-order valence-corrected chi connectivity index (χ3v) is 4.69. The van der Waals surface area contributed by atoms with E-state index in [1.165, 1.54) is 16.4 Å². The molecule has 0 aliphatic rings. The zero-order chi connectivity index (χ0) is 19.2. The number of anilines is 1. The van der Waals surface area contributed by atoms with Crippen LogP contribution in [0.15, 0.2) is 47.6 Å². The first-order valence-electron chi connectivity index (χ1n) is 8.11. The van der Waals surface area contributed by atoms with E-state index in [9.17, 15) is 4.79 Å². The highest BCUT2D eigenvalue weighted by molar-refractivity contribution is 7.99. The van der Waals surface area contributed by atoms with Crippen LogP contribution in [0.4, 0.5) is 5.69 Å². The van der Waals surface area contributed by atoms with Crippen LogP contribution >= 0.6 is 11.8 Å². The molecule has 1 N–H and O–H groups in total. The summed E-state index contributed by atoms with van der Waals surface area (Å²) in [6, 6.07) is 13.0. The second kappa shape index (κ2) is 8.54. The van der Waals surface area contributed by atoms with Crippen molar-refractivity contribution in [2.45, 2.75) is 12.1 Å². The van der Waals surface area contributed by atoms with Gasteiger partial charge in [-0.3, -0.25) is 4.79 Å². The number of amides is 1. The van der Waals surface area contributed by atoms with Gasteiger partial charge in [-0.15, -0.1) is 5.10 Å². The Hall–Kier alpha value is -3.07. The van der Waals surface area contributed by atoms with E-state index in [2.05, 4.69) is 20.8 Å². The molecular formula is C18H19N5O3S. The SMILES string of the molecule is COc1cc(OC)cc(-n2nnnc2SCC(=O)Nc2ccccc2C)c1. The summed E-state index contributed by atoms with van der Waals surface area (Å²) in [5.41, 5.74) is 2.47. The van der Waals surface area contributed by atoms with Gasteiger partial charge in [-0.2, -0.15) is 4.68 Å². The molecule has 140 valence electrons. The van der Waals surface area contributed by atoms with Crippen LogP contribution in [0.2, 0.25) is 0 Å². The van der Waals surface area contributed by atoms with Crippen LogP contribution in [0, 0.1) is 6.92 Å². The number of aryl methyl sites for hydroxylation is 1. The molecule has 1 amide bonds. The number of aromatic nitrogens is 4. The third-order valence-electron chi connectivity index (χ3n) is 3.77. The second-order valence-electron chi connectivity index (χ2n) is 5.60. The number of benzene rings is 2. The maximum absolute atomic E-state index is 12.3. The molecule has 1 aromatic heterocycles. The molecule has 0 aliphatic carbocycles. The summed E-state index contributed by atoms with van der Waals surface area (Å²) in [7, 11) is 3.15. The number of para-hydroxylation sites is 1. The number of rotatable bonds is 7. The van der Waals surface area contributed by atoms with Crippen molar-refractivity contribution in [1.82, 2.24) is 20.2 Å². The summed E-state index contributed by atoms with van der Waals surface area (Å²) < 4.78 is 12.1. The number of hydrogen-bond acceptors (Lipinski definition) is 7. The first kappa shape index (κ1) is 18.7. The van der Waals surface area contributed by atoms with Gasteiger partial charge in [-0.05, 0) is 29.0 Å². The standard InChI is InChI=1S/C18H19N5O3S/c1-12-6-4-5-7-16(12)19-17(24)11-27-18-20-21-22-23(18)13-8-14(25-2)10-15(9-13)26-3/h4-10H,11H2,1-3H3,(H,19,24). The Morgan fingerprint density at radius 3 is 2.52 bits per heavy atom. The highest BCUT2D eigenvalue weighted by Crippen LogP contribution is 2.27. The van der Waals surface area contributed by atoms with Crippen LogP contribution in [0.5, 0.6) is 11.5 Å². The fourth-order valence-electron chi connectivity index (χ4n) is 2.38. The lowest BCUT2D eigenvalue weighted by Crippen LogP contribution is -2.15. The molecular weight excluding hydrogens is 366 g/mol. The Bertz CT molecular complexity index is 922. The molecule has 3 rings (SSSR count). The number of carbonyl (C=O) groups excluding carboxylic acids is 1. The molecule has 27 heavy (non-hydrogen) atoms. The van der Waals surface area contributed by atoms with Crippen molar-refractivity contribution in [2.24, 2.45) is 0 Å². The van der Waals surface area contributed by atoms with Crippen molar-refractivity contribution in [1.29, 1.82) is 0 Å². The van der Waals surface area contributed by atoms with Crippen molar-refractivity contribution in [3.05, 3.63) is 48.0 Å². The van der Waals surface area contributed by atoms with Gasteiger partial charge in [-0.25, -0.2) is 0 Å². The molecule has 0 bridgehead atoms. The first-order valence-corrected chi connectivity index (χ1v) is 9.09. The van der Waals surface area contributed by atoms with E-state index in [0.29, 0.717) is 22.3 Å². The highest BCUT2D eigenvalue weighted by Gasteiger charge is 2.14. The zero-order valence-electron chi connectivity index (χ0n) is 15.2. The van der Waals surface area contributed by atoms with E-state index in [1.807, 2.05) is 31.2 Å². The number of thioether (sulfide) groups is 1. The number of hydrogen-bond donors (Lipinski definition) is 1. The molecule has 0 saturated heterocycles. The molecule has 3 aromatic rings. The molecule has 2 aromatic carbocycles. The monoisotopic (exact) mass is 385 g/mol. The molecule has 0 aliphatic heterocycles. The van der Waals surface area contributed by atoms with Gasteiger partial charge in [0.2, 0.25) is 11.1 Å². The predicted molar refractivity (Wildman–Crippen MR) is 103 cm³/mol. The maximum atomic E-state index is 12.3. The Balaban J connectivity index is 1.72. The largest absolute Gasteiger partial charge is 0.497 e. The van der Waals surface area contributed by atoms with Crippen LogP contribution in [0.3, 0.4) is 0 Å². The Morgan fingerprint density at radius 1 is 1.15 bits per heavy atom. The molecule has 0 saturated carbocycles. The quantitative estimate of drug-likeness (QED) is 0.625. The predicted octanol–water partition coefficient (Wildman–Crippen LogP) is 2.72. The highest BCUT2D eigenvalue weighted by atomic mass is 32.2. The van der Waals surface area contributed by atoms with Crippen LogP contribution < -0.4 is 14.8 Å². The van der Waals surface area contributed by atoms with Crippen LogP contribution in [0.25, 0.3) is 5.69 Å². The molecule has 0 unspecified atom stereocenters. The zero-order valence-corrected chi connectivity index (χ0v) is 16.0. The van der Waals surface area contributed by atoms with E-state index in [4.69, 9.17) is 9.47 Å². The van der Waals surface area contributed by atoms with Gasteiger partial charge in [0.1, 0.15) is 11.5 Å². The Labute approximate surface area is 160 Å². The Morgan fingerprint density at radius 2 is 1.85 bits per heavy atom. The number of methoxy groups -OCH3 is 2. The summed E-state index contributed by atoms with van der Waals surface area (Å²) >= 11 is 1.24. The summed E-state index contributed by atoms with van der Waals surface area (Å²) in [5, 5.41) is 15.1. The minimum Gasteiger partial charge on any atom is -0.497 e. The molecule has 0 radical (unpaired) electrons. The van der Waals surface area contributed by atoms with E-state index >= 15 is 0 Å². The fourth-order valence-corrected chi connectivity index (χ4v) is 3.07. The Kier molecular flexibility index (Phi) is 5.92. The molecule has 9 heteroatoms. The van der Waals surface area contributed by atoms with Gasteiger partial charge in [0.25, 0.3) is 0 Å². The normalized spacial score (nSPS) is 10.5. The number of tetrazole rings is 1. The number of nitrogens with one attached hydrogen (secondary N) is 1. The smallest absolute Gasteiger partial charge is 0.234 e. The lowest BCUT2D eigenvalue weighted by molar-refractivity contribution is -0.113. The summed E-state index contributed by atoms with van der Waals surface area (Å²) in [6.07, 6.45) is 0. The molecule has 1 heterocycles. The molecule has 8 nitrogen and oxygen atoms in total. The number of nitrogens with zero attached hydrogens (tertiary/aromatic N) is 4. The maximum Gasteiger partial charge on any atom is 0.234 e. The average Bonchev–Trinajstić information content (AvgIpc) is 3.16. The fraction of sp³-hybridized carbons (Fsp3) is 0.222. The van der Waals surface area contributed by atoms with Gasteiger partial charge in [0.15, 0.2) is 0 Å². The molecule has 0 atom stereocenters. The average molecular weight is 385 g/mol. The molecule has 0 fully saturated rings. The van der Waals surface area contributed by atoms with Crippen LogP contribution in [-0.2, 0) is 4.79 Å². The van der Waals surface area contributed by atoms with Gasteiger partial charge in [0, 0.05) is 23.9 Å². The number of carbonyl (C=O) groups is 1. The lowest BCUT2D eigenvalue weighted by Gasteiger charge is -2.10. The minimum absolute atomic E-state index is 0.132. The van der Waals surface area contributed by atoms with E-state index in [0.717, 1.165) is 11.3 Å². The van der Waals surface area contributed by atoms with Crippen LogP contribution in [-0.4, -0.2) is 46.1 Å². The summed E-state index contributed by atoms with van der Waals surface area (Å²) in [5.74, 6) is 1.28. The number of ether oxygens (including phenoxy) is 2. The van der Waals surface area contributed by atoms with Crippen molar-refractivity contribution in [3.63, 3.8) is 0 Å². The minimum atomic E-state index is -0.132. The van der Waals surface area contributed by atoms with Gasteiger partial charge in [0.05, 0.1) is 25.7 Å².